The molecule has 34 heavy (non-hydrogen) atoms. The highest BCUT2D eigenvalue weighted by molar-refractivity contribution is 7.20. The van der Waals surface area contributed by atoms with Crippen molar-refractivity contribution in [1.82, 2.24) is 4.98 Å². The third-order valence-electron chi connectivity index (χ3n) is 5.76. The number of hydrogen-bond acceptors (Lipinski definition) is 8. The van der Waals surface area contributed by atoms with E-state index >= 15 is 0 Å². The van der Waals surface area contributed by atoms with Crippen molar-refractivity contribution in [2.75, 3.05) is 12.4 Å². The van der Waals surface area contributed by atoms with Crippen molar-refractivity contribution in [2.24, 2.45) is 0 Å². The highest BCUT2D eigenvalue weighted by atomic mass is 32.1. The number of methoxy groups -OCH3 is 1. The van der Waals surface area contributed by atoms with Gasteiger partial charge in [0.1, 0.15) is 10.5 Å². The molecule has 2 heterocycles. The van der Waals surface area contributed by atoms with Crippen molar-refractivity contribution in [2.45, 2.75) is 25.9 Å². The summed E-state index contributed by atoms with van der Waals surface area (Å²) in [5.74, 6) is -1.74. The predicted octanol–water partition coefficient (Wildman–Crippen LogP) is 4.63. The summed E-state index contributed by atoms with van der Waals surface area (Å²) in [5.41, 5.74) is 4.73. The van der Waals surface area contributed by atoms with E-state index in [1.165, 1.54) is 43.4 Å². The maximum atomic E-state index is 12.9. The molecular weight excluding hydrogens is 456 g/mol. The number of oxazole rings is 1. The first-order valence-electron chi connectivity index (χ1n) is 10.6. The molecule has 172 valence electrons. The first-order chi connectivity index (χ1) is 16.5. The summed E-state index contributed by atoms with van der Waals surface area (Å²) in [6.45, 7) is 1.47. The summed E-state index contributed by atoms with van der Waals surface area (Å²) in [6.07, 6.45) is 1.64. The minimum atomic E-state index is -1.10. The summed E-state index contributed by atoms with van der Waals surface area (Å²) < 4.78 is 15.6. The summed E-state index contributed by atoms with van der Waals surface area (Å²) in [5, 5.41) is 3.15. The molecule has 1 aliphatic carbocycles. The molecule has 0 bridgehead atoms. The maximum absolute atomic E-state index is 12.9. The molecule has 0 saturated carbocycles. The van der Waals surface area contributed by atoms with Crippen LogP contribution in [-0.4, -0.2) is 36.0 Å². The van der Waals surface area contributed by atoms with Gasteiger partial charge in [-0.1, -0.05) is 24.3 Å². The summed E-state index contributed by atoms with van der Waals surface area (Å²) in [7, 11) is 1.31. The molecule has 0 radical (unpaired) electrons. The van der Waals surface area contributed by atoms with Gasteiger partial charge in [-0.15, -0.1) is 11.3 Å². The highest BCUT2D eigenvalue weighted by Gasteiger charge is 2.30. The zero-order chi connectivity index (χ0) is 23.8. The molecule has 9 heteroatoms. The quantitative estimate of drug-likeness (QED) is 0.419. The van der Waals surface area contributed by atoms with E-state index in [0.717, 1.165) is 22.4 Å². The van der Waals surface area contributed by atoms with Gasteiger partial charge in [0.2, 0.25) is 0 Å². The Balaban J connectivity index is 1.38. The second-order valence-corrected chi connectivity index (χ2v) is 8.85. The van der Waals surface area contributed by atoms with E-state index in [-0.39, 0.29) is 5.56 Å². The van der Waals surface area contributed by atoms with Crippen LogP contribution in [0.25, 0.3) is 21.5 Å². The Morgan fingerprint density at radius 1 is 1.12 bits per heavy atom. The van der Waals surface area contributed by atoms with Crippen LogP contribution < -0.4 is 5.32 Å². The van der Waals surface area contributed by atoms with Crippen molar-refractivity contribution >= 4 is 45.3 Å². The van der Waals surface area contributed by atoms with Gasteiger partial charge in [-0.25, -0.2) is 14.6 Å². The minimum absolute atomic E-state index is 0.238. The number of esters is 2. The fourth-order valence-electron chi connectivity index (χ4n) is 4.02. The molecule has 4 aromatic rings. The first-order valence-corrected chi connectivity index (χ1v) is 11.4. The Bertz CT molecular complexity index is 1440. The number of anilines is 1. The highest BCUT2D eigenvalue weighted by Crippen LogP contribution is 2.45. The molecule has 2 aromatic carbocycles. The van der Waals surface area contributed by atoms with Gasteiger partial charge in [-0.2, -0.15) is 0 Å². The number of thiophene rings is 1. The van der Waals surface area contributed by atoms with Crippen LogP contribution in [0.2, 0.25) is 0 Å². The SMILES string of the molecule is COC(=O)c1c(NC(=O)C(C)OC(=O)c2ccc3ncoc3c2)sc2c1CCc1ccccc1-2. The smallest absolute Gasteiger partial charge is 0.341 e. The average molecular weight is 477 g/mol. The Labute approximate surface area is 198 Å². The molecule has 2 aromatic heterocycles. The number of ether oxygens (including phenoxy) is 2. The van der Waals surface area contributed by atoms with Crippen LogP contribution in [0.15, 0.2) is 53.3 Å². The van der Waals surface area contributed by atoms with E-state index in [9.17, 15) is 14.4 Å². The number of aromatic nitrogens is 1. The lowest BCUT2D eigenvalue weighted by Gasteiger charge is -2.16. The fourth-order valence-corrected chi connectivity index (χ4v) is 5.33. The number of hydrogen-bond donors (Lipinski definition) is 1. The standard InChI is InChI=1S/C25H20N2O6S/c1-13(33-24(29)15-8-10-18-19(11-15)32-12-26-18)22(28)27-23-20(25(30)31-2)17-9-7-14-5-3-4-6-16(14)21(17)34-23/h3-6,8,10-13H,7,9H2,1-2H3,(H,27,28). The van der Waals surface area contributed by atoms with Gasteiger partial charge in [0.05, 0.1) is 18.2 Å². The molecule has 1 unspecified atom stereocenters. The van der Waals surface area contributed by atoms with Crippen molar-refractivity contribution in [1.29, 1.82) is 0 Å². The van der Waals surface area contributed by atoms with E-state index in [2.05, 4.69) is 16.4 Å². The van der Waals surface area contributed by atoms with Crippen LogP contribution in [0, 0.1) is 0 Å². The number of carbonyl (C=O) groups excluding carboxylic acids is 3. The van der Waals surface area contributed by atoms with Gasteiger partial charge in [0.25, 0.3) is 5.91 Å². The van der Waals surface area contributed by atoms with E-state index in [1.54, 1.807) is 12.1 Å². The fraction of sp³-hybridized carbons (Fsp3) is 0.200. The number of carbonyl (C=O) groups is 3. The van der Waals surface area contributed by atoms with Gasteiger partial charge < -0.3 is 19.2 Å². The number of amides is 1. The van der Waals surface area contributed by atoms with Crippen LogP contribution in [0.1, 0.15) is 38.8 Å². The Hall–Kier alpha value is -3.98. The topological polar surface area (TPSA) is 108 Å². The third-order valence-corrected chi connectivity index (χ3v) is 6.94. The number of aryl methyl sites for hydroxylation is 1. The zero-order valence-electron chi connectivity index (χ0n) is 18.4. The van der Waals surface area contributed by atoms with Crippen LogP contribution in [0.5, 0.6) is 0 Å². The van der Waals surface area contributed by atoms with E-state index < -0.39 is 23.9 Å². The third kappa shape index (κ3) is 3.84. The van der Waals surface area contributed by atoms with Crippen molar-refractivity contribution < 1.29 is 28.3 Å². The molecule has 0 aliphatic heterocycles. The zero-order valence-corrected chi connectivity index (χ0v) is 19.2. The molecule has 1 atom stereocenters. The number of benzene rings is 2. The molecule has 1 aliphatic rings. The van der Waals surface area contributed by atoms with Gasteiger partial charge in [-0.3, -0.25) is 4.79 Å². The van der Waals surface area contributed by atoms with Crippen LogP contribution >= 0.6 is 11.3 Å². The van der Waals surface area contributed by atoms with Gasteiger partial charge in [0, 0.05) is 4.88 Å². The van der Waals surface area contributed by atoms with E-state index in [1.807, 2.05) is 18.2 Å². The Kier molecular flexibility index (Phi) is 5.62. The average Bonchev–Trinajstić information content (AvgIpc) is 3.47. The van der Waals surface area contributed by atoms with Crippen molar-refractivity contribution in [3.05, 3.63) is 71.1 Å². The first kappa shape index (κ1) is 21.8. The lowest BCUT2D eigenvalue weighted by atomic mass is 9.89. The minimum Gasteiger partial charge on any atom is -0.465 e. The number of rotatable bonds is 5. The molecular formula is C25H20N2O6S. The maximum Gasteiger partial charge on any atom is 0.341 e. The summed E-state index contributed by atoms with van der Waals surface area (Å²) >= 11 is 1.32. The Morgan fingerprint density at radius 2 is 1.94 bits per heavy atom. The van der Waals surface area contributed by atoms with Crippen molar-refractivity contribution in [3.8, 4) is 10.4 Å². The van der Waals surface area contributed by atoms with E-state index in [0.29, 0.717) is 28.1 Å². The van der Waals surface area contributed by atoms with Crippen LogP contribution in [0.3, 0.4) is 0 Å². The van der Waals surface area contributed by atoms with Crippen LogP contribution in [-0.2, 0) is 27.1 Å². The lowest BCUT2D eigenvalue weighted by molar-refractivity contribution is -0.123. The normalized spacial score (nSPS) is 13.0. The molecule has 0 spiro atoms. The lowest BCUT2D eigenvalue weighted by Crippen LogP contribution is -2.30. The largest absolute Gasteiger partial charge is 0.465 e. The Morgan fingerprint density at radius 3 is 2.76 bits per heavy atom. The van der Waals surface area contributed by atoms with Gasteiger partial charge in [0.15, 0.2) is 18.1 Å². The van der Waals surface area contributed by atoms with Crippen molar-refractivity contribution in [3.63, 3.8) is 0 Å². The molecule has 0 fully saturated rings. The number of nitrogens with zero attached hydrogens (tertiary/aromatic N) is 1. The van der Waals surface area contributed by atoms with Crippen LogP contribution in [0.4, 0.5) is 5.00 Å². The molecule has 1 amide bonds. The number of fused-ring (bicyclic) bond motifs is 4. The monoisotopic (exact) mass is 476 g/mol. The molecule has 5 rings (SSSR count). The summed E-state index contributed by atoms with van der Waals surface area (Å²) in [6, 6.07) is 12.7. The second kappa shape index (κ2) is 8.75. The van der Waals surface area contributed by atoms with Gasteiger partial charge >= 0.3 is 11.9 Å². The molecule has 1 N–H and O–H groups in total. The molecule has 8 nitrogen and oxygen atoms in total. The van der Waals surface area contributed by atoms with Gasteiger partial charge in [-0.05, 0) is 54.7 Å². The number of nitrogens with one attached hydrogen (secondary N) is 1. The summed E-state index contributed by atoms with van der Waals surface area (Å²) in [4.78, 5) is 43.0. The second-order valence-electron chi connectivity index (χ2n) is 7.83. The van der Waals surface area contributed by atoms with E-state index in [4.69, 9.17) is 13.9 Å². The predicted molar refractivity (Wildman–Crippen MR) is 126 cm³/mol. The molecule has 0 saturated heterocycles.